The van der Waals surface area contributed by atoms with E-state index in [1.54, 1.807) is 0 Å². The summed E-state index contributed by atoms with van der Waals surface area (Å²) in [6.07, 6.45) is 1.04. The van der Waals surface area contributed by atoms with Gasteiger partial charge in [0.15, 0.2) is 0 Å². The number of nitrogens with one attached hydrogen (secondary N) is 1. The second-order valence-corrected chi connectivity index (χ2v) is 4.85. The first-order valence-electron chi connectivity index (χ1n) is 6.31. The van der Waals surface area contributed by atoms with Gasteiger partial charge in [0, 0.05) is 12.1 Å². The number of hydrogen-bond acceptors (Lipinski definition) is 7. The zero-order valence-corrected chi connectivity index (χ0v) is 12.9. The lowest BCUT2D eigenvalue weighted by atomic mass is 10.3. The first-order chi connectivity index (χ1) is 11.3. The van der Waals surface area contributed by atoms with E-state index in [1.165, 1.54) is 19.2 Å². The van der Waals surface area contributed by atoms with Crippen molar-refractivity contribution in [3.63, 3.8) is 0 Å². The molecule has 1 aromatic carbocycles. The lowest BCUT2D eigenvalue weighted by molar-refractivity contribution is -0.385. The number of hydrogen-bond donors (Lipinski definition) is 1. The number of aromatic nitrogens is 2. The molecule has 0 aliphatic heterocycles. The number of carbonyl (C=O) groups is 1. The Morgan fingerprint density at radius 2 is 2.08 bits per heavy atom. The second-order valence-electron chi connectivity index (χ2n) is 4.45. The SMILES string of the molecule is COc1nn(CC(=O)Nc2cc([N+](=O)[O-])ccc2Cl)cc1[N+](=O)[O-]. The van der Waals surface area contributed by atoms with Crippen LogP contribution in [0.4, 0.5) is 17.1 Å². The van der Waals surface area contributed by atoms with E-state index >= 15 is 0 Å². The average Bonchev–Trinajstić information content (AvgIpc) is 2.92. The van der Waals surface area contributed by atoms with Crippen molar-refractivity contribution in [2.75, 3.05) is 12.4 Å². The van der Waals surface area contributed by atoms with Gasteiger partial charge in [0.05, 0.1) is 27.7 Å². The highest BCUT2D eigenvalue weighted by atomic mass is 35.5. The smallest absolute Gasteiger partial charge is 0.350 e. The molecule has 11 nitrogen and oxygen atoms in total. The van der Waals surface area contributed by atoms with E-state index in [2.05, 4.69) is 10.4 Å². The van der Waals surface area contributed by atoms with Crippen LogP contribution in [0.25, 0.3) is 0 Å². The van der Waals surface area contributed by atoms with Gasteiger partial charge in [-0.05, 0) is 6.07 Å². The van der Waals surface area contributed by atoms with Crippen molar-refractivity contribution in [1.82, 2.24) is 9.78 Å². The van der Waals surface area contributed by atoms with Gasteiger partial charge in [-0.2, -0.15) is 0 Å². The van der Waals surface area contributed by atoms with Crippen LogP contribution < -0.4 is 10.1 Å². The van der Waals surface area contributed by atoms with Crippen molar-refractivity contribution in [3.8, 4) is 5.88 Å². The van der Waals surface area contributed by atoms with Crippen LogP contribution >= 0.6 is 11.6 Å². The molecule has 0 saturated heterocycles. The number of anilines is 1. The molecule has 0 radical (unpaired) electrons. The Morgan fingerprint density at radius 3 is 2.62 bits per heavy atom. The Balaban J connectivity index is 2.15. The van der Waals surface area contributed by atoms with Gasteiger partial charge in [-0.25, -0.2) is 0 Å². The summed E-state index contributed by atoms with van der Waals surface area (Å²) in [6, 6.07) is 3.57. The lowest BCUT2D eigenvalue weighted by Crippen LogP contribution is -2.19. The van der Waals surface area contributed by atoms with Crippen LogP contribution in [0.1, 0.15) is 0 Å². The third kappa shape index (κ3) is 3.76. The molecule has 1 N–H and O–H groups in total. The largest absolute Gasteiger partial charge is 0.475 e. The first kappa shape index (κ1) is 17.1. The number of nitro groups is 2. The van der Waals surface area contributed by atoms with Crippen molar-refractivity contribution in [1.29, 1.82) is 0 Å². The number of ether oxygens (including phenoxy) is 1. The molecule has 0 spiro atoms. The summed E-state index contributed by atoms with van der Waals surface area (Å²) < 4.78 is 5.76. The second kappa shape index (κ2) is 6.91. The predicted molar refractivity (Wildman–Crippen MR) is 82.2 cm³/mol. The number of amides is 1. The van der Waals surface area contributed by atoms with E-state index in [-0.39, 0.29) is 28.8 Å². The van der Waals surface area contributed by atoms with Crippen molar-refractivity contribution in [3.05, 3.63) is 49.6 Å². The molecule has 0 bridgehead atoms. The van der Waals surface area contributed by atoms with E-state index in [1.807, 2.05) is 0 Å². The molecule has 0 aliphatic rings. The minimum absolute atomic E-state index is 0.0458. The van der Waals surface area contributed by atoms with Gasteiger partial charge in [0.1, 0.15) is 12.7 Å². The van der Waals surface area contributed by atoms with Crippen molar-refractivity contribution >= 4 is 34.6 Å². The number of halogens is 1. The van der Waals surface area contributed by atoms with Crippen LogP contribution in [0.5, 0.6) is 5.88 Å². The quantitative estimate of drug-likeness (QED) is 0.616. The van der Waals surface area contributed by atoms with Crippen molar-refractivity contribution in [2.24, 2.45) is 0 Å². The number of nitrogens with zero attached hydrogens (tertiary/aromatic N) is 4. The first-order valence-corrected chi connectivity index (χ1v) is 6.69. The van der Waals surface area contributed by atoms with E-state index < -0.39 is 21.4 Å². The summed E-state index contributed by atoms with van der Waals surface area (Å²) in [5.41, 5.74) is -0.589. The van der Waals surface area contributed by atoms with Crippen LogP contribution in [-0.2, 0) is 11.3 Å². The summed E-state index contributed by atoms with van der Waals surface area (Å²) in [6.45, 7) is -0.372. The standard InChI is InChI=1S/C12H10ClN5O6/c1-24-12-10(18(22)23)5-16(15-12)6-11(19)14-9-4-7(17(20)21)2-3-8(9)13/h2-5H,6H2,1H3,(H,14,19). The van der Waals surface area contributed by atoms with Crippen LogP contribution in [0.3, 0.4) is 0 Å². The lowest BCUT2D eigenvalue weighted by Gasteiger charge is -2.07. The van der Waals surface area contributed by atoms with Crippen LogP contribution in [0.15, 0.2) is 24.4 Å². The Morgan fingerprint density at radius 1 is 1.38 bits per heavy atom. The molecule has 0 unspecified atom stereocenters. The van der Waals surface area contributed by atoms with Gasteiger partial charge < -0.3 is 10.1 Å². The molecular formula is C12H10ClN5O6. The highest BCUT2D eigenvalue weighted by Gasteiger charge is 2.21. The van der Waals surface area contributed by atoms with E-state index in [4.69, 9.17) is 16.3 Å². The number of methoxy groups -OCH3 is 1. The highest BCUT2D eigenvalue weighted by molar-refractivity contribution is 6.33. The number of non-ortho nitro benzene ring substituents is 1. The molecule has 0 saturated carbocycles. The molecule has 0 fully saturated rings. The van der Waals surface area contributed by atoms with Gasteiger partial charge in [0.2, 0.25) is 5.91 Å². The maximum absolute atomic E-state index is 12.0. The number of carbonyl (C=O) groups excluding carboxylic acids is 1. The van der Waals surface area contributed by atoms with Gasteiger partial charge >= 0.3 is 11.6 Å². The van der Waals surface area contributed by atoms with E-state index in [0.29, 0.717) is 0 Å². The van der Waals surface area contributed by atoms with Crippen molar-refractivity contribution in [2.45, 2.75) is 6.54 Å². The maximum atomic E-state index is 12.0. The summed E-state index contributed by atoms with van der Waals surface area (Å²) in [5, 5.41) is 27.8. The summed E-state index contributed by atoms with van der Waals surface area (Å²) in [4.78, 5) is 32.2. The molecule has 1 aromatic heterocycles. The average molecular weight is 356 g/mol. The number of benzene rings is 1. The Kier molecular flexibility index (Phi) is 4.94. The molecule has 1 heterocycles. The molecular weight excluding hydrogens is 346 g/mol. The van der Waals surface area contributed by atoms with Gasteiger partial charge in [0.25, 0.3) is 5.69 Å². The van der Waals surface area contributed by atoms with E-state index in [9.17, 15) is 25.0 Å². The fourth-order valence-corrected chi connectivity index (χ4v) is 1.97. The molecule has 0 atom stereocenters. The zero-order valence-electron chi connectivity index (χ0n) is 12.1. The Hall–Kier alpha value is -3.21. The van der Waals surface area contributed by atoms with Gasteiger partial charge in [-0.15, -0.1) is 5.10 Å². The van der Waals surface area contributed by atoms with Gasteiger partial charge in [-0.3, -0.25) is 29.7 Å². The van der Waals surface area contributed by atoms with E-state index in [0.717, 1.165) is 16.9 Å². The normalized spacial score (nSPS) is 10.2. The fraction of sp³-hybridized carbons (Fsp3) is 0.167. The monoisotopic (exact) mass is 355 g/mol. The highest BCUT2D eigenvalue weighted by Crippen LogP contribution is 2.27. The minimum Gasteiger partial charge on any atom is -0.475 e. The molecule has 126 valence electrons. The minimum atomic E-state index is -0.697. The molecule has 24 heavy (non-hydrogen) atoms. The van der Waals surface area contributed by atoms with Crippen LogP contribution in [0, 0.1) is 20.2 Å². The third-order valence-corrected chi connectivity index (χ3v) is 3.17. The number of rotatable bonds is 6. The summed E-state index contributed by atoms with van der Waals surface area (Å²) in [5.74, 6) is -0.862. The summed E-state index contributed by atoms with van der Waals surface area (Å²) in [7, 11) is 1.21. The van der Waals surface area contributed by atoms with Gasteiger partial charge in [-0.1, -0.05) is 11.6 Å². The molecule has 0 aliphatic carbocycles. The molecule has 12 heteroatoms. The number of nitro benzene ring substituents is 1. The molecule has 2 rings (SSSR count). The zero-order chi connectivity index (χ0) is 17.9. The Labute approximate surface area is 139 Å². The topological polar surface area (TPSA) is 142 Å². The molecule has 1 amide bonds. The van der Waals surface area contributed by atoms with Crippen LogP contribution in [0.2, 0.25) is 5.02 Å². The Bertz CT molecular complexity index is 820. The fourth-order valence-electron chi connectivity index (χ4n) is 1.80. The third-order valence-electron chi connectivity index (χ3n) is 2.84. The molecule has 2 aromatic rings. The van der Waals surface area contributed by atoms with Crippen LogP contribution in [-0.4, -0.2) is 32.6 Å². The maximum Gasteiger partial charge on any atom is 0.350 e. The van der Waals surface area contributed by atoms with Crippen molar-refractivity contribution < 1.29 is 19.4 Å². The summed E-state index contributed by atoms with van der Waals surface area (Å²) >= 11 is 5.87. The predicted octanol–water partition coefficient (Wildman–Crippen LogP) is 2.00.